The Labute approximate surface area is 164 Å². The van der Waals surface area contributed by atoms with Gasteiger partial charge in [0, 0.05) is 38.0 Å². The average Bonchev–Trinajstić information content (AvgIpc) is 2.93. The lowest BCUT2D eigenvalue weighted by atomic mass is 9.60. The normalized spacial score (nSPS) is 32.0. The van der Waals surface area contributed by atoms with Crippen LogP contribution in [0.2, 0.25) is 0 Å². The van der Waals surface area contributed by atoms with Crippen molar-refractivity contribution in [2.24, 2.45) is 17.8 Å². The number of rotatable bonds is 5. The Kier molecular flexibility index (Phi) is 4.19. The summed E-state index contributed by atoms with van der Waals surface area (Å²) in [6, 6.07) is -1.04. The number of halogens is 4. The monoisotopic (exact) mass is 414 g/mol. The van der Waals surface area contributed by atoms with Crippen molar-refractivity contribution >= 4 is 17.7 Å². The summed E-state index contributed by atoms with van der Waals surface area (Å²) in [5.41, 5.74) is 0.0719. The van der Waals surface area contributed by atoms with E-state index in [0.717, 1.165) is 6.42 Å². The van der Waals surface area contributed by atoms with Crippen LogP contribution in [0.5, 0.6) is 0 Å². The lowest BCUT2D eigenvalue weighted by molar-refractivity contribution is -0.141. The molecule has 0 unspecified atom stereocenters. The van der Waals surface area contributed by atoms with Gasteiger partial charge in [0.1, 0.15) is 11.5 Å². The minimum atomic E-state index is -3.09. The van der Waals surface area contributed by atoms with Crippen LogP contribution in [0.15, 0.2) is 0 Å². The van der Waals surface area contributed by atoms with Crippen LogP contribution in [0.25, 0.3) is 0 Å². The topological polar surface area (TPSA) is 69.6 Å². The van der Waals surface area contributed by atoms with Crippen molar-refractivity contribution in [3.8, 4) is 0 Å². The van der Waals surface area contributed by atoms with Gasteiger partial charge in [-0.25, -0.2) is 13.8 Å². The third-order valence-electron chi connectivity index (χ3n) is 7.06. The van der Waals surface area contributed by atoms with Crippen LogP contribution in [0, 0.1) is 17.8 Å². The number of aromatic nitrogens is 2. The Morgan fingerprint density at radius 1 is 1.24 bits per heavy atom. The maximum atomic E-state index is 14.5. The SMILES string of the molecule is O=C(O)C[C@H]1[C@@H]2C[C@H]1CN(c1nc(N3CC[C@H]3C(F)F)nc3c1CCC3(F)F)C2. The van der Waals surface area contributed by atoms with E-state index in [-0.39, 0.29) is 55.1 Å². The second-order valence-corrected chi connectivity index (χ2v) is 8.69. The van der Waals surface area contributed by atoms with Crippen molar-refractivity contribution in [3.05, 3.63) is 11.3 Å². The molecule has 1 saturated carbocycles. The Hall–Kier alpha value is -2.13. The summed E-state index contributed by atoms with van der Waals surface area (Å²) in [4.78, 5) is 22.8. The van der Waals surface area contributed by atoms with E-state index < -0.39 is 24.4 Å². The van der Waals surface area contributed by atoms with Gasteiger partial charge in [-0.1, -0.05) is 0 Å². The van der Waals surface area contributed by atoms with E-state index >= 15 is 0 Å². The Morgan fingerprint density at radius 2 is 1.97 bits per heavy atom. The summed E-state index contributed by atoms with van der Waals surface area (Å²) in [5, 5.41) is 9.09. The molecule has 6 nitrogen and oxygen atoms in total. The van der Waals surface area contributed by atoms with Gasteiger partial charge >= 0.3 is 5.97 Å². The van der Waals surface area contributed by atoms with Gasteiger partial charge in [0.15, 0.2) is 0 Å². The molecule has 1 aromatic rings. The highest BCUT2D eigenvalue weighted by atomic mass is 19.3. The molecule has 2 aliphatic carbocycles. The number of alkyl halides is 4. The molecule has 5 aliphatic rings. The molecule has 10 heteroatoms. The fraction of sp³-hybridized carbons (Fsp3) is 0.737. The molecule has 4 fully saturated rings. The summed E-state index contributed by atoms with van der Waals surface area (Å²) >= 11 is 0. The zero-order chi connectivity index (χ0) is 20.5. The van der Waals surface area contributed by atoms with E-state index in [1.807, 2.05) is 4.90 Å². The fourth-order valence-corrected chi connectivity index (χ4v) is 5.40. The zero-order valence-electron chi connectivity index (χ0n) is 15.7. The molecular formula is C19H22F4N4O2. The Balaban J connectivity index is 1.47. The molecule has 158 valence electrons. The summed E-state index contributed by atoms with van der Waals surface area (Å²) in [6.07, 6.45) is -1.44. The van der Waals surface area contributed by atoms with Crippen LogP contribution in [0.4, 0.5) is 29.3 Å². The number of fused-ring (bicyclic) bond motifs is 3. The van der Waals surface area contributed by atoms with Crippen LogP contribution in [-0.2, 0) is 17.1 Å². The first-order valence-electron chi connectivity index (χ1n) is 10.1. The summed E-state index contributed by atoms with van der Waals surface area (Å²) in [7, 11) is 0. The number of carboxylic acids is 1. The maximum absolute atomic E-state index is 14.5. The fourth-order valence-electron chi connectivity index (χ4n) is 5.40. The number of hydrogen-bond donors (Lipinski definition) is 1. The number of nitrogens with zero attached hydrogens (tertiary/aromatic N) is 4. The van der Waals surface area contributed by atoms with Gasteiger partial charge in [0.2, 0.25) is 5.95 Å². The van der Waals surface area contributed by atoms with Crippen molar-refractivity contribution in [1.82, 2.24) is 9.97 Å². The molecule has 0 aromatic carbocycles. The lowest BCUT2D eigenvalue weighted by Crippen LogP contribution is -2.56. The van der Waals surface area contributed by atoms with Gasteiger partial charge in [-0.3, -0.25) is 4.79 Å². The first kappa shape index (κ1) is 18.9. The lowest BCUT2D eigenvalue weighted by Gasteiger charge is -2.54. The molecule has 2 bridgehead atoms. The third kappa shape index (κ3) is 2.93. The predicted octanol–water partition coefficient (Wildman–Crippen LogP) is 2.91. The van der Waals surface area contributed by atoms with Crippen LogP contribution >= 0.6 is 0 Å². The minimum absolute atomic E-state index is 0.0433. The number of piperidine rings is 2. The molecule has 1 N–H and O–H groups in total. The van der Waals surface area contributed by atoms with Crippen molar-refractivity contribution in [3.63, 3.8) is 0 Å². The largest absolute Gasteiger partial charge is 0.481 e. The van der Waals surface area contributed by atoms with Crippen LogP contribution in [0.3, 0.4) is 0 Å². The third-order valence-corrected chi connectivity index (χ3v) is 7.06. The smallest absolute Gasteiger partial charge is 0.303 e. The van der Waals surface area contributed by atoms with Crippen LogP contribution in [-0.4, -0.2) is 53.1 Å². The number of carboxylic acid groups (broad SMARTS) is 1. The molecule has 29 heavy (non-hydrogen) atoms. The molecule has 0 amide bonds. The summed E-state index contributed by atoms with van der Waals surface area (Å²) in [6.45, 7) is 1.44. The highest BCUT2D eigenvalue weighted by Gasteiger charge is 2.50. The van der Waals surface area contributed by atoms with Crippen molar-refractivity contribution in [2.45, 2.75) is 50.5 Å². The standard InChI is InChI=1S/C19H22F4N4O2/c20-16(21)13-2-4-27(13)18-24-15-11(1-3-19(15,22)23)17(25-18)26-7-9-5-10(8-26)12(9)6-14(28)29/h9-10,12-13,16H,1-8H2,(H,28,29)/t9-,10+,12+,13-/m0/s1. The molecule has 1 aromatic heterocycles. The number of aliphatic carboxylic acids is 1. The molecule has 0 radical (unpaired) electrons. The second-order valence-electron chi connectivity index (χ2n) is 8.69. The zero-order valence-corrected chi connectivity index (χ0v) is 15.7. The van der Waals surface area contributed by atoms with Gasteiger partial charge in [0.25, 0.3) is 12.3 Å². The first-order valence-corrected chi connectivity index (χ1v) is 10.1. The van der Waals surface area contributed by atoms with E-state index in [0.29, 0.717) is 31.0 Å². The van der Waals surface area contributed by atoms with Gasteiger partial charge in [-0.15, -0.1) is 0 Å². The minimum Gasteiger partial charge on any atom is -0.481 e. The molecule has 4 heterocycles. The van der Waals surface area contributed by atoms with Crippen molar-refractivity contribution in [2.75, 3.05) is 29.4 Å². The number of anilines is 2. The van der Waals surface area contributed by atoms with Crippen molar-refractivity contribution < 1.29 is 27.5 Å². The summed E-state index contributed by atoms with van der Waals surface area (Å²) in [5.74, 6) is -3.03. The Bertz CT molecular complexity index is 840. The molecule has 4 atom stereocenters. The average molecular weight is 414 g/mol. The highest BCUT2D eigenvalue weighted by Crippen LogP contribution is 2.50. The van der Waals surface area contributed by atoms with Gasteiger partial charge < -0.3 is 14.9 Å². The molecule has 3 saturated heterocycles. The van der Waals surface area contributed by atoms with Crippen molar-refractivity contribution in [1.29, 1.82) is 0 Å². The van der Waals surface area contributed by atoms with Gasteiger partial charge in [-0.2, -0.15) is 13.8 Å². The quantitative estimate of drug-likeness (QED) is 0.748. The highest BCUT2D eigenvalue weighted by molar-refractivity contribution is 5.67. The number of hydrogen-bond acceptors (Lipinski definition) is 5. The van der Waals surface area contributed by atoms with E-state index in [4.69, 9.17) is 5.11 Å². The van der Waals surface area contributed by atoms with Gasteiger partial charge in [-0.05, 0) is 37.0 Å². The van der Waals surface area contributed by atoms with E-state index in [2.05, 4.69) is 9.97 Å². The molecule has 0 spiro atoms. The van der Waals surface area contributed by atoms with Crippen LogP contribution in [0.1, 0.15) is 36.9 Å². The van der Waals surface area contributed by atoms with E-state index in [1.165, 1.54) is 4.90 Å². The number of carbonyl (C=O) groups is 1. The molecule has 3 aliphatic heterocycles. The maximum Gasteiger partial charge on any atom is 0.303 e. The van der Waals surface area contributed by atoms with E-state index in [9.17, 15) is 22.4 Å². The Morgan fingerprint density at radius 3 is 2.55 bits per heavy atom. The predicted molar refractivity (Wildman–Crippen MR) is 95.6 cm³/mol. The molecular weight excluding hydrogens is 392 g/mol. The first-order chi connectivity index (χ1) is 13.7. The van der Waals surface area contributed by atoms with E-state index in [1.54, 1.807) is 0 Å². The van der Waals surface area contributed by atoms with Crippen LogP contribution < -0.4 is 9.80 Å². The van der Waals surface area contributed by atoms with Gasteiger partial charge in [0.05, 0.1) is 6.04 Å². The molecule has 6 rings (SSSR count). The second kappa shape index (κ2) is 6.43. The summed E-state index contributed by atoms with van der Waals surface area (Å²) < 4.78 is 55.3.